The molecule has 0 N–H and O–H groups in total. The summed E-state index contributed by atoms with van der Waals surface area (Å²) in [4.78, 5) is 0. The summed E-state index contributed by atoms with van der Waals surface area (Å²) in [7, 11) is 0. The molecule has 2 heteroatoms. The van der Waals surface area contributed by atoms with Gasteiger partial charge in [-0.3, -0.25) is 0 Å². The molecule has 0 aliphatic heterocycles. The fraction of sp³-hybridized carbons (Fsp3) is 0.684. The molecule has 21 heavy (non-hydrogen) atoms. The van der Waals surface area contributed by atoms with Gasteiger partial charge in [0.2, 0.25) is 0 Å². The topological polar surface area (TPSA) is 0 Å². The maximum Gasteiger partial charge on any atom is 0.148 e. The van der Waals surface area contributed by atoms with Gasteiger partial charge >= 0.3 is 0 Å². The minimum absolute atomic E-state index is 0.723. The van der Waals surface area contributed by atoms with Crippen LogP contribution in [-0.4, -0.2) is 6.71 Å². The van der Waals surface area contributed by atoms with Gasteiger partial charge in [0.05, 0.1) is 0 Å². The monoisotopic (exact) mass is 306 g/mol. The average molecular weight is 307 g/mol. The minimum Gasteiger partial charge on any atom is -0.0843 e. The predicted octanol–water partition coefficient (Wildman–Crippen LogP) is 7.25. The number of hydrogen-bond acceptors (Lipinski definition) is 0. The Hall–Kier alpha value is -0.425. The van der Waals surface area contributed by atoms with E-state index in [1.165, 1.54) is 63.1 Å². The van der Waals surface area contributed by atoms with E-state index in [0.717, 1.165) is 17.6 Å². The molecule has 0 spiro atoms. The van der Waals surface area contributed by atoms with E-state index in [9.17, 15) is 0 Å². The third kappa shape index (κ3) is 6.91. The first-order valence-electron chi connectivity index (χ1n) is 8.98. The zero-order chi connectivity index (χ0) is 15.5. The number of hydrogen-bond donors (Lipinski definition) is 0. The fourth-order valence-corrected chi connectivity index (χ4v) is 3.41. The zero-order valence-corrected chi connectivity index (χ0v) is 15.0. The van der Waals surface area contributed by atoms with Crippen molar-refractivity contribution < 1.29 is 0 Å². The van der Waals surface area contributed by atoms with E-state index in [1.54, 1.807) is 0 Å². The van der Waals surface area contributed by atoms with E-state index < -0.39 is 0 Å². The first kappa shape index (κ1) is 18.6. The van der Waals surface area contributed by atoms with Gasteiger partial charge in [0.15, 0.2) is 0 Å². The molecule has 1 aromatic carbocycles. The van der Waals surface area contributed by atoms with Gasteiger partial charge in [0.1, 0.15) is 6.71 Å². The van der Waals surface area contributed by atoms with Gasteiger partial charge in [-0.15, -0.1) is 0 Å². The highest BCUT2D eigenvalue weighted by atomic mass is 35.5. The van der Waals surface area contributed by atoms with Gasteiger partial charge in [-0.05, 0) is 17.9 Å². The Kier molecular flexibility index (Phi) is 9.92. The van der Waals surface area contributed by atoms with E-state index in [-0.39, 0.29) is 0 Å². The summed E-state index contributed by atoms with van der Waals surface area (Å²) in [5.41, 5.74) is 1.50. The lowest BCUT2D eigenvalue weighted by molar-refractivity contribution is 0.678. The number of unbranched alkanes of at least 4 members (excludes halogenated alkanes) is 3. The van der Waals surface area contributed by atoms with Crippen molar-refractivity contribution >= 4 is 18.3 Å². The Labute approximate surface area is 137 Å². The van der Waals surface area contributed by atoms with E-state index >= 15 is 0 Å². The summed E-state index contributed by atoms with van der Waals surface area (Å²) in [5.74, 6) is 0.723. The number of benzene rings is 1. The first-order valence-corrected chi connectivity index (χ1v) is 9.36. The van der Waals surface area contributed by atoms with Crippen LogP contribution in [0.1, 0.15) is 77.1 Å². The third-order valence-corrected chi connectivity index (χ3v) is 4.84. The maximum atomic E-state index is 6.07. The molecule has 1 unspecified atom stereocenters. The first-order chi connectivity index (χ1) is 10.2. The zero-order valence-electron chi connectivity index (χ0n) is 14.2. The predicted molar refractivity (Wildman–Crippen MR) is 98.9 cm³/mol. The van der Waals surface area contributed by atoms with Gasteiger partial charge in [0, 0.05) is 5.02 Å². The molecule has 0 nitrogen and oxygen atoms in total. The molecule has 0 bridgehead atoms. The fourth-order valence-electron chi connectivity index (χ4n) is 3.29. The van der Waals surface area contributed by atoms with Crippen LogP contribution in [0.3, 0.4) is 0 Å². The van der Waals surface area contributed by atoms with Gasteiger partial charge < -0.3 is 0 Å². The second-order valence-electron chi connectivity index (χ2n) is 6.34. The Bertz CT molecular complexity index is 352. The lowest BCUT2D eigenvalue weighted by atomic mass is 9.34. The van der Waals surface area contributed by atoms with E-state index in [0.29, 0.717) is 0 Å². The number of halogens is 1. The van der Waals surface area contributed by atoms with Gasteiger partial charge in [-0.25, -0.2) is 0 Å². The molecular weight excluding hydrogens is 274 g/mol. The molecule has 1 atom stereocenters. The molecule has 0 saturated heterocycles. The standard InChI is InChI=1S/C19H32BCl/c1-4-7-10-19(17-11-13-18(21)14-12-17)20(15-8-5-2)16-9-6-3/h11-14,19H,4-10,15-16H2,1-3H3. The van der Waals surface area contributed by atoms with Crippen LogP contribution in [0.5, 0.6) is 0 Å². The van der Waals surface area contributed by atoms with E-state index in [4.69, 9.17) is 11.6 Å². The Morgan fingerprint density at radius 1 is 0.857 bits per heavy atom. The molecule has 0 amide bonds. The van der Waals surface area contributed by atoms with Crippen LogP contribution in [0.4, 0.5) is 0 Å². The van der Waals surface area contributed by atoms with Crippen molar-refractivity contribution in [2.24, 2.45) is 0 Å². The van der Waals surface area contributed by atoms with Crippen LogP contribution < -0.4 is 0 Å². The molecule has 0 saturated carbocycles. The molecule has 0 radical (unpaired) electrons. The van der Waals surface area contributed by atoms with Crippen LogP contribution in [0.25, 0.3) is 0 Å². The number of rotatable bonds is 11. The third-order valence-electron chi connectivity index (χ3n) is 4.59. The highest BCUT2D eigenvalue weighted by Crippen LogP contribution is 2.31. The molecule has 0 fully saturated rings. The minimum atomic E-state index is 0.723. The normalized spacial score (nSPS) is 12.4. The molecule has 0 heterocycles. The van der Waals surface area contributed by atoms with Gasteiger partial charge in [0.25, 0.3) is 0 Å². The van der Waals surface area contributed by atoms with Crippen LogP contribution >= 0.6 is 11.6 Å². The summed E-state index contributed by atoms with van der Waals surface area (Å²) < 4.78 is 0. The van der Waals surface area contributed by atoms with Crippen molar-refractivity contribution in [3.8, 4) is 0 Å². The highest BCUT2D eigenvalue weighted by Gasteiger charge is 2.25. The molecule has 0 aromatic heterocycles. The molecule has 0 aliphatic carbocycles. The summed E-state index contributed by atoms with van der Waals surface area (Å²) in [6.45, 7) is 7.75. The van der Waals surface area contributed by atoms with E-state index in [1.807, 2.05) is 0 Å². The second kappa shape index (κ2) is 11.2. The van der Waals surface area contributed by atoms with Gasteiger partial charge in [-0.2, -0.15) is 0 Å². The average Bonchev–Trinajstić information content (AvgIpc) is 2.50. The van der Waals surface area contributed by atoms with Crippen molar-refractivity contribution in [3.63, 3.8) is 0 Å². The van der Waals surface area contributed by atoms with Crippen LogP contribution in [0.15, 0.2) is 24.3 Å². The summed E-state index contributed by atoms with van der Waals surface area (Å²) >= 11 is 6.07. The molecule has 118 valence electrons. The van der Waals surface area contributed by atoms with Crippen molar-refractivity contribution in [2.75, 3.05) is 0 Å². The van der Waals surface area contributed by atoms with Crippen LogP contribution in [-0.2, 0) is 0 Å². The summed E-state index contributed by atoms with van der Waals surface area (Å²) in [5, 5.41) is 0.853. The maximum absolute atomic E-state index is 6.07. The largest absolute Gasteiger partial charge is 0.148 e. The second-order valence-corrected chi connectivity index (χ2v) is 6.78. The summed E-state index contributed by atoms with van der Waals surface area (Å²) in [6.07, 6.45) is 12.1. The quantitative estimate of drug-likeness (QED) is 0.378. The van der Waals surface area contributed by atoms with Crippen molar-refractivity contribution in [1.29, 1.82) is 0 Å². The highest BCUT2D eigenvalue weighted by molar-refractivity contribution is 6.60. The Balaban J connectivity index is 2.85. The van der Waals surface area contributed by atoms with Crippen molar-refractivity contribution in [1.82, 2.24) is 0 Å². The SMILES string of the molecule is CCCCB(CCCC)C(CCCC)c1ccc(Cl)cc1. The lowest BCUT2D eigenvalue weighted by Gasteiger charge is -2.25. The Morgan fingerprint density at radius 3 is 1.86 bits per heavy atom. The lowest BCUT2D eigenvalue weighted by Crippen LogP contribution is -2.24. The molecule has 0 aliphatic rings. The molecule has 1 aromatic rings. The van der Waals surface area contributed by atoms with Crippen molar-refractivity contribution in [3.05, 3.63) is 34.9 Å². The van der Waals surface area contributed by atoms with E-state index in [2.05, 4.69) is 45.0 Å². The van der Waals surface area contributed by atoms with Crippen LogP contribution in [0.2, 0.25) is 17.7 Å². The molecule has 1 rings (SSSR count). The van der Waals surface area contributed by atoms with Crippen molar-refractivity contribution in [2.45, 2.75) is 84.2 Å². The molecular formula is C19H32BCl. The van der Waals surface area contributed by atoms with Crippen LogP contribution in [0, 0.1) is 0 Å². The Morgan fingerprint density at radius 2 is 1.38 bits per heavy atom. The smallest absolute Gasteiger partial charge is 0.0843 e. The van der Waals surface area contributed by atoms with Gasteiger partial charge in [-0.1, -0.05) is 108 Å². The summed E-state index contributed by atoms with van der Waals surface area (Å²) in [6, 6.07) is 8.64.